The van der Waals surface area contributed by atoms with E-state index in [4.69, 9.17) is 11.5 Å². The summed E-state index contributed by atoms with van der Waals surface area (Å²) >= 11 is 3.38. The van der Waals surface area contributed by atoms with Gasteiger partial charge in [-0.15, -0.1) is 0 Å². The molecule has 106 valence electrons. The smallest absolute Gasteiger partial charge is 0.154 e. The lowest BCUT2D eigenvalue weighted by Gasteiger charge is -2.12. The number of halogens is 1. The zero-order chi connectivity index (χ0) is 14.3. The van der Waals surface area contributed by atoms with Crippen molar-refractivity contribution in [2.24, 2.45) is 16.9 Å². The maximum Gasteiger partial charge on any atom is 0.154 e. The van der Waals surface area contributed by atoms with E-state index in [0.717, 1.165) is 10.0 Å². The molecule has 1 aliphatic rings. The van der Waals surface area contributed by atoms with Crippen molar-refractivity contribution in [1.29, 1.82) is 0 Å². The van der Waals surface area contributed by atoms with E-state index in [1.54, 1.807) is 6.92 Å². The molecule has 0 unspecified atom stereocenters. The van der Waals surface area contributed by atoms with Gasteiger partial charge in [0.25, 0.3) is 0 Å². The summed E-state index contributed by atoms with van der Waals surface area (Å²) in [6.45, 7) is 2.27. The zero-order valence-electron chi connectivity index (χ0n) is 10.8. The second-order valence-electron chi connectivity index (χ2n) is 5.04. The molecular formula is C13H19BrN2O2S. The third-order valence-corrected chi connectivity index (χ3v) is 7.01. The van der Waals surface area contributed by atoms with E-state index in [1.165, 1.54) is 0 Å². The molecule has 0 aromatic heterocycles. The molecule has 1 aromatic carbocycles. The average Bonchev–Trinajstić information content (AvgIpc) is 3.10. The first kappa shape index (κ1) is 15.0. The average molecular weight is 347 g/mol. The summed E-state index contributed by atoms with van der Waals surface area (Å²) in [5.74, 6) is 0.0486. The summed E-state index contributed by atoms with van der Waals surface area (Å²) in [4.78, 5) is 0. The van der Waals surface area contributed by atoms with Gasteiger partial charge in [-0.3, -0.25) is 0 Å². The predicted molar refractivity (Wildman–Crippen MR) is 80.7 cm³/mol. The van der Waals surface area contributed by atoms with E-state index >= 15 is 0 Å². The second kappa shape index (κ2) is 5.16. The lowest BCUT2D eigenvalue weighted by atomic mass is 9.99. The van der Waals surface area contributed by atoms with Gasteiger partial charge in [-0.25, -0.2) is 8.42 Å². The first-order valence-electron chi connectivity index (χ1n) is 6.30. The molecule has 6 heteroatoms. The van der Waals surface area contributed by atoms with Crippen molar-refractivity contribution in [3.05, 3.63) is 34.3 Å². The molecule has 1 aliphatic carbocycles. The van der Waals surface area contributed by atoms with Gasteiger partial charge in [0, 0.05) is 34.6 Å². The quantitative estimate of drug-likeness (QED) is 0.840. The van der Waals surface area contributed by atoms with Gasteiger partial charge in [0.1, 0.15) is 0 Å². The molecular weight excluding hydrogens is 328 g/mol. The van der Waals surface area contributed by atoms with Crippen LogP contribution in [0.15, 0.2) is 28.7 Å². The normalized spacial score (nSPS) is 25.3. The maximum absolute atomic E-state index is 12.2. The van der Waals surface area contributed by atoms with Crippen LogP contribution in [0.3, 0.4) is 0 Å². The molecule has 2 atom stereocenters. The maximum atomic E-state index is 12.2. The van der Waals surface area contributed by atoms with Gasteiger partial charge in [-0.1, -0.05) is 35.0 Å². The van der Waals surface area contributed by atoms with Crippen molar-refractivity contribution in [3.63, 3.8) is 0 Å². The number of benzene rings is 1. The van der Waals surface area contributed by atoms with E-state index in [9.17, 15) is 8.42 Å². The Labute approximate surface area is 122 Å². The van der Waals surface area contributed by atoms with Crippen LogP contribution < -0.4 is 11.5 Å². The van der Waals surface area contributed by atoms with Crippen molar-refractivity contribution in [1.82, 2.24) is 0 Å². The topological polar surface area (TPSA) is 86.2 Å². The van der Waals surface area contributed by atoms with Crippen molar-refractivity contribution in [2.45, 2.75) is 18.1 Å². The van der Waals surface area contributed by atoms with E-state index in [0.29, 0.717) is 13.1 Å². The highest BCUT2D eigenvalue weighted by atomic mass is 79.9. The third kappa shape index (κ3) is 2.35. The van der Waals surface area contributed by atoms with Gasteiger partial charge in [-0.05, 0) is 17.7 Å². The van der Waals surface area contributed by atoms with E-state index < -0.39 is 20.5 Å². The van der Waals surface area contributed by atoms with Crippen molar-refractivity contribution < 1.29 is 8.42 Å². The fourth-order valence-corrected chi connectivity index (χ4v) is 5.39. The summed E-state index contributed by atoms with van der Waals surface area (Å²) in [7, 11) is -3.14. The number of hydrogen-bond acceptors (Lipinski definition) is 4. The van der Waals surface area contributed by atoms with Crippen molar-refractivity contribution in [3.8, 4) is 0 Å². The molecule has 0 radical (unpaired) electrons. The molecule has 4 N–H and O–H groups in total. The van der Waals surface area contributed by atoms with Gasteiger partial charge in [0.2, 0.25) is 0 Å². The van der Waals surface area contributed by atoms with Crippen LogP contribution in [-0.4, -0.2) is 32.5 Å². The van der Waals surface area contributed by atoms with Crippen LogP contribution in [0.5, 0.6) is 0 Å². The van der Waals surface area contributed by atoms with E-state index in [2.05, 4.69) is 15.9 Å². The Morgan fingerprint density at radius 3 is 2.16 bits per heavy atom. The molecule has 0 heterocycles. The third-order valence-electron chi connectivity index (χ3n) is 4.16. The van der Waals surface area contributed by atoms with Crippen LogP contribution >= 0.6 is 15.9 Å². The molecule has 1 aromatic rings. The Morgan fingerprint density at radius 1 is 1.21 bits per heavy atom. The monoisotopic (exact) mass is 346 g/mol. The van der Waals surface area contributed by atoms with Crippen LogP contribution in [0.4, 0.5) is 0 Å². The molecule has 2 rings (SSSR count). The van der Waals surface area contributed by atoms with Crippen LogP contribution in [0, 0.1) is 5.41 Å². The first-order chi connectivity index (χ1) is 8.93. The Bertz CT molecular complexity index is 553. The molecule has 4 nitrogen and oxygen atoms in total. The molecule has 0 saturated heterocycles. The highest BCUT2D eigenvalue weighted by Crippen LogP contribution is 2.61. The van der Waals surface area contributed by atoms with Gasteiger partial charge in [-0.2, -0.15) is 0 Å². The minimum Gasteiger partial charge on any atom is -0.330 e. The van der Waals surface area contributed by atoms with E-state index in [1.807, 2.05) is 24.3 Å². The lowest BCUT2D eigenvalue weighted by Crippen LogP contribution is -2.31. The molecule has 0 spiro atoms. The first-order valence-corrected chi connectivity index (χ1v) is 8.81. The fraction of sp³-hybridized carbons (Fsp3) is 0.538. The SMILES string of the molecule is CCS(=O)(=O)[C@H]1[C@H](c2ccc(Br)cc2)C1(CN)CN. The van der Waals surface area contributed by atoms with Gasteiger partial charge in [0.05, 0.1) is 5.25 Å². The van der Waals surface area contributed by atoms with Crippen molar-refractivity contribution >= 4 is 25.8 Å². The van der Waals surface area contributed by atoms with E-state index in [-0.39, 0.29) is 11.7 Å². The largest absolute Gasteiger partial charge is 0.330 e. The molecule has 19 heavy (non-hydrogen) atoms. The summed E-state index contributed by atoms with van der Waals surface area (Å²) in [6.07, 6.45) is 0. The Morgan fingerprint density at radius 2 is 1.74 bits per heavy atom. The zero-order valence-corrected chi connectivity index (χ0v) is 13.2. The van der Waals surface area contributed by atoms with Crippen LogP contribution in [-0.2, 0) is 9.84 Å². The number of hydrogen-bond donors (Lipinski definition) is 2. The molecule has 0 amide bonds. The molecule has 0 aliphatic heterocycles. The summed E-state index contributed by atoms with van der Waals surface area (Å²) in [5.41, 5.74) is 12.2. The van der Waals surface area contributed by atoms with Gasteiger partial charge < -0.3 is 11.5 Å². The fourth-order valence-electron chi connectivity index (χ4n) is 2.94. The Hall–Kier alpha value is -0.430. The van der Waals surface area contributed by atoms with Crippen LogP contribution in [0.25, 0.3) is 0 Å². The predicted octanol–water partition coefficient (Wildman–Crippen LogP) is 1.25. The number of sulfone groups is 1. The minimum atomic E-state index is -3.14. The number of nitrogens with two attached hydrogens (primary N) is 2. The molecule has 0 bridgehead atoms. The Kier molecular flexibility index (Phi) is 4.07. The van der Waals surface area contributed by atoms with Crippen molar-refractivity contribution in [2.75, 3.05) is 18.8 Å². The van der Waals surface area contributed by atoms with Gasteiger partial charge >= 0.3 is 0 Å². The summed E-state index contributed by atoms with van der Waals surface area (Å²) < 4.78 is 25.4. The lowest BCUT2D eigenvalue weighted by molar-refractivity contribution is 0.510. The molecule has 1 fully saturated rings. The summed E-state index contributed by atoms with van der Waals surface area (Å²) in [6, 6.07) is 7.72. The van der Waals surface area contributed by atoms with Crippen LogP contribution in [0.2, 0.25) is 0 Å². The highest BCUT2D eigenvalue weighted by Gasteiger charge is 2.68. The van der Waals surface area contributed by atoms with Gasteiger partial charge in [0.15, 0.2) is 9.84 Å². The summed E-state index contributed by atoms with van der Waals surface area (Å²) in [5, 5.41) is -0.443. The molecule has 1 saturated carbocycles. The second-order valence-corrected chi connectivity index (χ2v) is 8.37. The minimum absolute atomic E-state index is 0.0828. The highest BCUT2D eigenvalue weighted by molar-refractivity contribution is 9.10. The standard InChI is InChI=1S/C13H19BrN2O2S/c1-2-19(17,18)12-11(13(12,7-15)8-16)9-3-5-10(14)6-4-9/h3-6,11-12H,2,7-8,15-16H2,1H3/t11-,12-/m0/s1. The van der Waals surface area contributed by atoms with Crippen LogP contribution in [0.1, 0.15) is 18.4 Å². The Balaban J connectivity index is 2.42. The number of rotatable bonds is 5.